The summed E-state index contributed by atoms with van der Waals surface area (Å²) in [7, 11) is 0. The van der Waals surface area contributed by atoms with Gasteiger partial charge in [0, 0.05) is 16.2 Å². The molecule has 0 saturated carbocycles. The number of rotatable bonds is 6. The molecule has 2 aromatic carbocycles. The molecular formula is C24H25FO5S. The number of benzene rings is 2. The number of hydrogen-bond acceptors (Lipinski definition) is 6. The molecular weight excluding hydrogens is 419 g/mol. The van der Waals surface area contributed by atoms with Crippen molar-refractivity contribution in [2.45, 2.75) is 43.9 Å². The monoisotopic (exact) mass is 444 g/mol. The maximum atomic E-state index is 13.2. The van der Waals surface area contributed by atoms with Crippen LogP contribution in [0.5, 0.6) is 0 Å². The summed E-state index contributed by atoms with van der Waals surface area (Å²) in [5.41, 5.74) is 3.81. The van der Waals surface area contributed by atoms with Gasteiger partial charge in [0.25, 0.3) is 0 Å². The van der Waals surface area contributed by atoms with Gasteiger partial charge in [-0.05, 0) is 53.4 Å². The first-order chi connectivity index (χ1) is 14.9. The van der Waals surface area contributed by atoms with Crippen LogP contribution in [-0.2, 0) is 11.2 Å². The largest absolute Gasteiger partial charge is 0.394 e. The molecule has 5 nitrogen and oxygen atoms in total. The van der Waals surface area contributed by atoms with Gasteiger partial charge >= 0.3 is 0 Å². The van der Waals surface area contributed by atoms with Crippen LogP contribution in [0.3, 0.4) is 0 Å². The molecule has 164 valence electrons. The highest BCUT2D eigenvalue weighted by Gasteiger charge is 2.46. The SMILES string of the molecule is Cc1ccc(C2OC(C(O)CO)C(O)C2O)cc1Cc1ccc(-c2ccc(F)cc2)s1. The highest BCUT2D eigenvalue weighted by atomic mass is 32.1. The van der Waals surface area contributed by atoms with Gasteiger partial charge < -0.3 is 25.2 Å². The molecule has 0 amide bonds. The van der Waals surface area contributed by atoms with Gasteiger partial charge in [0.15, 0.2) is 0 Å². The van der Waals surface area contributed by atoms with Crippen LogP contribution in [0, 0.1) is 12.7 Å². The third-order valence-corrected chi connectivity index (χ3v) is 6.86. The van der Waals surface area contributed by atoms with Gasteiger partial charge in [0.2, 0.25) is 0 Å². The molecule has 4 N–H and O–H groups in total. The Bertz CT molecular complexity index is 1030. The predicted octanol–water partition coefficient (Wildman–Crippen LogP) is 2.97. The summed E-state index contributed by atoms with van der Waals surface area (Å²) in [4.78, 5) is 2.20. The van der Waals surface area contributed by atoms with Crippen LogP contribution in [-0.4, -0.2) is 51.4 Å². The fraction of sp³-hybridized carbons (Fsp3) is 0.333. The highest BCUT2D eigenvalue weighted by Crippen LogP contribution is 2.36. The van der Waals surface area contributed by atoms with Crippen LogP contribution in [0.25, 0.3) is 10.4 Å². The van der Waals surface area contributed by atoms with Crippen molar-refractivity contribution in [3.63, 3.8) is 0 Å². The lowest BCUT2D eigenvalue weighted by molar-refractivity contribution is -0.0820. The molecule has 1 aliphatic heterocycles. The minimum absolute atomic E-state index is 0.261. The molecule has 0 aliphatic carbocycles. The van der Waals surface area contributed by atoms with Crippen LogP contribution < -0.4 is 0 Å². The Hall–Kier alpha value is -2.13. The summed E-state index contributed by atoms with van der Waals surface area (Å²) in [6.45, 7) is 1.45. The summed E-state index contributed by atoms with van der Waals surface area (Å²) >= 11 is 1.64. The molecule has 1 aromatic heterocycles. The average Bonchev–Trinajstić information content (AvgIpc) is 3.35. The second kappa shape index (κ2) is 9.16. The molecule has 1 fully saturated rings. The van der Waals surface area contributed by atoms with E-state index in [1.54, 1.807) is 23.5 Å². The third kappa shape index (κ3) is 4.57. The van der Waals surface area contributed by atoms with E-state index in [0.29, 0.717) is 12.0 Å². The summed E-state index contributed by atoms with van der Waals surface area (Å²) in [6.07, 6.45) is -4.92. The van der Waals surface area contributed by atoms with Crippen LogP contribution in [0.1, 0.15) is 27.7 Å². The molecule has 0 radical (unpaired) electrons. The zero-order chi connectivity index (χ0) is 22.1. The van der Waals surface area contributed by atoms with E-state index in [9.17, 15) is 19.7 Å². The van der Waals surface area contributed by atoms with Crippen molar-refractivity contribution < 1.29 is 29.6 Å². The Morgan fingerprint density at radius 1 is 1.03 bits per heavy atom. The van der Waals surface area contributed by atoms with Gasteiger partial charge in [-0.25, -0.2) is 4.39 Å². The molecule has 3 aromatic rings. The number of ether oxygens (including phenoxy) is 1. The van der Waals surface area contributed by atoms with Crippen molar-refractivity contribution in [3.05, 3.63) is 82.0 Å². The van der Waals surface area contributed by atoms with Crippen molar-refractivity contribution in [1.29, 1.82) is 0 Å². The average molecular weight is 445 g/mol. The van der Waals surface area contributed by atoms with E-state index in [2.05, 4.69) is 0 Å². The van der Waals surface area contributed by atoms with Gasteiger partial charge in [-0.15, -0.1) is 11.3 Å². The molecule has 2 heterocycles. The third-order valence-electron chi connectivity index (χ3n) is 5.72. The summed E-state index contributed by atoms with van der Waals surface area (Å²) in [6, 6.07) is 16.2. The molecule has 5 atom stereocenters. The van der Waals surface area contributed by atoms with Crippen LogP contribution >= 0.6 is 11.3 Å². The smallest absolute Gasteiger partial charge is 0.123 e. The number of aryl methyl sites for hydroxylation is 1. The fourth-order valence-electron chi connectivity index (χ4n) is 3.89. The highest BCUT2D eigenvalue weighted by molar-refractivity contribution is 7.15. The van der Waals surface area contributed by atoms with E-state index in [0.717, 1.165) is 26.4 Å². The fourth-order valence-corrected chi connectivity index (χ4v) is 4.93. The first-order valence-electron chi connectivity index (χ1n) is 10.1. The van der Waals surface area contributed by atoms with Crippen LogP contribution in [0.4, 0.5) is 4.39 Å². The molecule has 0 bridgehead atoms. The standard InChI is InChI=1S/C24H25FO5S/c1-13-2-3-15(23-21(28)22(29)24(30-23)19(27)12-26)10-16(13)11-18-8-9-20(31-18)14-4-6-17(25)7-5-14/h2-10,19,21-24,26-29H,11-12H2,1H3. The van der Waals surface area contributed by atoms with E-state index >= 15 is 0 Å². The minimum atomic E-state index is -1.28. The molecule has 7 heteroatoms. The molecule has 1 saturated heterocycles. The lowest BCUT2D eigenvalue weighted by Crippen LogP contribution is -2.40. The first kappa shape index (κ1) is 22.1. The van der Waals surface area contributed by atoms with Crippen LogP contribution in [0.15, 0.2) is 54.6 Å². The van der Waals surface area contributed by atoms with Gasteiger partial charge in [0.05, 0.1) is 6.61 Å². The maximum Gasteiger partial charge on any atom is 0.123 e. The second-order valence-corrected chi connectivity index (χ2v) is 9.06. The zero-order valence-corrected chi connectivity index (χ0v) is 17.8. The van der Waals surface area contributed by atoms with Crippen molar-refractivity contribution >= 4 is 11.3 Å². The molecule has 4 rings (SSSR count). The molecule has 31 heavy (non-hydrogen) atoms. The minimum Gasteiger partial charge on any atom is -0.394 e. The predicted molar refractivity (Wildman–Crippen MR) is 116 cm³/mol. The number of aliphatic hydroxyl groups is 4. The van der Waals surface area contributed by atoms with E-state index in [1.165, 1.54) is 12.1 Å². The normalized spacial score (nSPS) is 24.5. The first-order valence-corrected chi connectivity index (χ1v) is 10.9. The Morgan fingerprint density at radius 2 is 1.77 bits per heavy atom. The molecule has 1 aliphatic rings. The molecule has 0 spiro atoms. The van der Waals surface area contributed by atoms with Crippen molar-refractivity contribution in [1.82, 2.24) is 0 Å². The lowest BCUT2D eigenvalue weighted by Gasteiger charge is -2.19. The Labute approximate surface area is 184 Å². The van der Waals surface area contributed by atoms with Gasteiger partial charge in [0.1, 0.15) is 36.3 Å². The Morgan fingerprint density at radius 3 is 2.48 bits per heavy atom. The van der Waals surface area contributed by atoms with E-state index in [4.69, 9.17) is 9.84 Å². The topological polar surface area (TPSA) is 90.2 Å². The maximum absolute atomic E-state index is 13.2. The Kier molecular flexibility index (Phi) is 6.52. The number of thiophene rings is 1. The van der Waals surface area contributed by atoms with Gasteiger partial charge in [-0.2, -0.15) is 0 Å². The van der Waals surface area contributed by atoms with E-state index in [-0.39, 0.29) is 5.82 Å². The Balaban J connectivity index is 1.54. The number of hydrogen-bond donors (Lipinski definition) is 4. The summed E-state index contributed by atoms with van der Waals surface area (Å²) < 4.78 is 18.9. The van der Waals surface area contributed by atoms with Gasteiger partial charge in [-0.3, -0.25) is 0 Å². The van der Waals surface area contributed by atoms with E-state index in [1.807, 2.05) is 37.3 Å². The van der Waals surface area contributed by atoms with Gasteiger partial charge in [-0.1, -0.05) is 30.3 Å². The van der Waals surface area contributed by atoms with Crippen molar-refractivity contribution in [2.24, 2.45) is 0 Å². The second-order valence-electron chi connectivity index (χ2n) is 7.89. The molecule has 5 unspecified atom stereocenters. The van der Waals surface area contributed by atoms with Crippen molar-refractivity contribution in [2.75, 3.05) is 6.61 Å². The quantitative estimate of drug-likeness (QED) is 0.469. The van der Waals surface area contributed by atoms with Crippen molar-refractivity contribution in [3.8, 4) is 10.4 Å². The summed E-state index contributed by atoms with van der Waals surface area (Å²) in [5, 5.41) is 39.7. The lowest BCUT2D eigenvalue weighted by atomic mass is 9.95. The van der Waals surface area contributed by atoms with E-state index < -0.39 is 37.1 Å². The van der Waals surface area contributed by atoms with Crippen LogP contribution in [0.2, 0.25) is 0 Å². The number of halogens is 1. The number of aliphatic hydroxyl groups excluding tert-OH is 4. The zero-order valence-electron chi connectivity index (χ0n) is 17.0. The summed E-state index contributed by atoms with van der Waals surface area (Å²) in [5.74, 6) is -0.261.